The van der Waals surface area contributed by atoms with Crippen molar-refractivity contribution in [3.05, 3.63) is 46.9 Å². The highest BCUT2D eigenvalue weighted by atomic mass is 35.5. The largest absolute Gasteiger partial charge is 0.478 e. The Morgan fingerprint density at radius 1 is 1.08 bits per heavy atom. The second kappa shape index (κ2) is 10.2. The molecule has 3 aromatic heterocycles. The number of hydrogen-bond acceptors (Lipinski definition) is 7. The number of rotatable bonds is 6. The topological polar surface area (TPSA) is 155 Å². The number of aromatic carboxylic acids is 1. The number of carboxylic acid groups (broad SMARTS) is 1. The second-order valence-corrected chi connectivity index (χ2v) is 9.62. The van der Waals surface area contributed by atoms with E-state index < -0.39 is 11.9 Å². The zero-order valence-corrected chi connectivity index (χ0v) is 20.5. The quantitative estimate of drug-likeness (QED) is 0.437. The molecule has 1 aliphatic carbocycles. The summed E-state index contributed by atoms with van der Waals surface area (Å²) in [5.41, 5.74) is 0.130. The van der Waals surface area contributed by atoms with Gasteiger partial charge in [0.1, 0.15) is 17.0 Å². The van der Waals surface area contributed by atoms with Crippen LogP contribution in [0.2, 0.25) is 5.02 Å². The smallest absolute Gasteiger partial charge is 0.337 e. The molecule has 0 radical (unpaired) electrons. The number of carbonyl (C=O) groups is 4. The van der Waals surface area contributed by atoms with Crippen LogP contribution in [-0.2, 0) is 9.59 Å². The molecule has 12 heteroatoms. The zero-order valence-electron chi connectivity index (χ0n) is 19.7. The van der Waals surface area contributed by atoms with Gasteiger partial charge in [-0.15, -0.1) is 0 Å². The van der Waals surface area contributed by atoms with E-state index in [1.54, 1.807) is 6.07 Å². The third kappa shape index (κ3) is 5.12. The Hall–Kier alpha value is -3.99. The van der Waals surface area contributed by atoms with Crippen molar-refractivity contribution in [3.8, 4) is 0 Å². The molecule has 2 aliphatic rings. The zero-order chi connectivity index (χ0) is 26.1. The second-order valence-electron chi connectivity index (χ2n) is 9.18. The van der Waals surface area contributed by atoms with Gasteiger partial charge in [0, 0.05) is 37.3 Å². The summed E-state index contributed by atoms with van der Waals surface area (Å²) in [6, 6.07) is 4.46. The van der Waals surface area contributed by atoms with E-state index in [1.165, 1.54) is 18.3 Å². The number of hydrogen-bond donors (Lipinski definition) is 3. The van der Waals surface area contributed by atoms with Crippen LogP contribution >= 0.6 is 11.6 Å². The highest BCUT2D eigenvalue weighted by Gasteiger charge is 2.34. The van der Waals surface area contributed by atoms with Crippen molar-refractivity contribution in [2.75, 3.05) is 17.2 Å². The molecule has 1 saturated heterocycles. The SMILES string of the molecule is O=C(O)c1cnc2c(NC(=O)[C@H]3CC[C@H](N4CCCC4=O)CC3)c(C(=O)Nc3ccc(Cl)cn3)oc2c1. The molecule has 0 atom stereocenters. The molecule has 1 aliphatic heterocycles. The lowest BCUT2D eigenvalue weighted by atomic mass is 9.84. The predicted octanol–water partition coefficient (Wildman–Crippen LogP) is 3.95. The summed E-state index contributed by atoms with van der Waals surface area (Å²) in [5, 5.41) is 15.1. The number of carbonyl (C=O) groups excluding carboxylic acids is 3. The van der Waals surface area contributed by atoms with Crippen LogP contribution in [0.5, 0.6) is 0 Å². The van der Waals surface area contributed by atoms with Crippen LogP contribution in [0, 0.1) is 5.92 Å². The van der Waals surface area contributed by atoms with E-state index in [1.807, 2.05) is 4.90 Å². The molecule has 192 valence electrons. The number of furan rings is 1. The van der Waals surface area contributed by atoms with E-state index in [4.69, 9.17) is 16.0 Å². The Morgan fingerprint density at radius 2 is 1.86 bits per heavy atom. The van der Waals surface area contributed by atoms with Crippen LogP contribution in [0.15, 0.2) is 35.0 Å². The summed E-state index contributed by atoms with van der Waals surface area (Å²) in [5.74, 6) is -2.36. The van der Waals surface area contributed by atoms with Crippen molar-refractivity contribution < 1.29 is 28.7 Å². The lowest BCUT2D eigenvalue weighted by Crippen LogP contribution is -2.40. The third-order valence-corrected chi connectivity index (χ3v) is 7.04. The molecule has 3 amide bonds. The average Bonchev–Trinajstić information content (AvgIpc) is 3.48. The number of nitrogens with one attached hydrogen (secondary N) is 2. The lowest BCUT2D eigenvalue weighted by molar-refractivity contribution is -0.130. The molecule has 37 heavy (non-hydrogen) atoms. The van der Waals surface area contributed by atoms with Crippen LogP contribution in [-0.4, -0.2) is 56.3 Å². The van der Waals surface area contributed by atoms with Gasteiger partial charge < -0.3 is 25.1 Å². The van der Waals surface area contributed by atoms with Crippen molar-refractivity contribution in [1.29, 1.82) is 0 Å². The maximum absolute atomic E-state index is 13.2. The Morgan fingerprint density at radius 3 is 2.51 bits per heavy atom. The number of halogens is 1. The van der Waals surface area contributed by atoms with Gasteiger partial charge in [0.05, 0.1) is 10.6 Å². The fraction of sp³-hybridized carbons (Fsp3) is 0.360. The standard InChI is InChI=1S/C25H24ClN5O6/c26-15-5-8-18(27-12-15)29-24(34)22-21(20-17(37-22)10-14(11-28-20)25(35)36)30-23(33)13-3-6-16(7-4-13)31-9-1-2-19(31)32/h5,8,10-13,16H,1-4,6-7,9H2,(H,30,33)(H,35,36)(H,27,29,34)/t13-,16-. The van der Waals surface area contributed by atoms with E-state index in [2.05, 4.69) is 20.6 Å². The molecular formula is C25H24ClN5O6. The summed E-state index contributed by atoms with van der Waals surface area (Å²) in [6.45, 7) is 0.770. The molecule has 0 aromatic carbocycles. The molecule has 0 unspecified atom stereocenters. The summed E-state index contributed by atoms with van der Waals surface area (Å²) < 4.78 is 5.68. The van der Waals surface area contributed by atoms with Crippen molar-refractivity contribution in [2.45, 2.75) is 44.6 Å². The van der Waals surface area contributed by atoms with Crippen LogP contribution in [0.4, 0.5) is 11.5 Å². The Kier molecular flexibility index (Phi) is 6.79. The summed E-state index contributed by atoms with van der Waals surface area (Å²) >= 11 is 5.85. The number of aromatic nitrogens is 2. The van der Waals surface area contributed by atoms with Gasteiger partial charge in [-0.3, -0.25) is 14.4 Å². The lowest BCUT2D eigenvalue weighted by Gasteiger charge is -2.34. The van der Waals surface area contributed by atoms with Gasteiger partial charge in [0.25, 0.3) is 5.91 Å². The maximum atomic E-state index is 13.2. The maximum Gasteiger partial charge on any atom is 0.337 e. The van der Waals surface area contributed by atoms with E-state index in [0.29, 0.717) is 24.3 Å². The van der Waals surface area contributed by atoms with E-state index in [9.17, 15) is 24.3 Å². The third-order valence-electron chi connectivity index (χ3n) is 6.82. The number of likely N-dealkylation sites (tertiary alicyclic amines) is 1. The number of pyridine rings is 2. The minimum absolute atomic E-state index is 0.0423. The first-order valence-corrected chi connectivity index (χ1v) is 12.4. The van der Waals surface area contributed by atoms with Crippen LogP contribution in [0.1, 0.15) is 59.4 Å². The highest BCUT2D eigenvalue weighted by molar-refractivity contribution is 6.30. The first-order valence-electron chi connectivity index (χ1n) is 12.0. The molecule has 11 nitrogen and oxygen atoms in total. The summed E-state index contributed by atoms with van der Waals surface area (Å²) in [6.07, 6.45) is 6.62. The molecular weight excluding hydrogens is 502 g/mol. The molecule has 2 fully saturated rings. The minimum atomic E-state index is -1.21. The van der Waals surface area contributed by atoms with Crippen molar-refractivity contribution >= 4 is 57.9 Å². The van der Waals surface area contributed by atoms with Gasteiger partial charge in [-0.1, -0.05) is 11.6 Å². The number of nitrogens with zero attached hydrogens (tertiary/aromatic N) is 3. The van der Waals surface area contributed by atoms with E-state index in [-0.39, 0.29) is 57.7 Å². The number of carboxylic acids is 1. The molecule has 1 saturated carbocycles. The molecule has 0 bridgehead atoms. The van der Waals surface area contributed by atoms with Crippen LogP contribution in [0.3, 0.4) is 0 Å². The number of amides is 3. The van der Waals surface area contributed by atoms with Crippen molar-refractivity contribution in [2.24, 2.45) is 5.92 Å². The number of fused-ring (bicyclic) bond motifs is 1. The van der Waals surface area contributed by atoms with Crippen LogP contribution < -0.4 is 10.6 Å². The number of anilines is 2. The normalized spacial score (nSPS) is 19.7. The van der Waals surface area contributed by atoms with E-state index >= 15 is 0 Å². The highest BCUT2D eigenvalue weighted by Crippen LogP contribution is 2.34. The molecule has 0 spiro atoms. The van der Waals surface area contributed by atoms with Gasteiger partial charge in [0.15, 0.2) is 5.58 Å². The van der Waals surface area contributed by atoms with Gasteiger partial charge in [-0.25, -0.2) is 14.8 Å². The first kappa shape index (κ1) is 24.7. The fourth-order valence-electron chi connectivity index (χ4n) is 4.92. The predicted molar refractivity (Wildman–Crippen MR) is 133 cm³/mol. The Labute approximate surface area is 216 Å². The molecule has 3 N–H and O–H groups in total. The van der Waals surface area contributed by atoms with Gasteiger partial charge >= 0.3 is 5.97 Å². The van der Waals surface area contributed by atoms with Gasteiger partial charge in [-0.05, 0) is 50.3 Å². The Bertz CT molecular complexity index is 1380. The molecule has 4 heterocycles. The Balaban J connectivity index is 1.37. The van der Waals surface area contributed by atoms with Crippen molar-refractivity contribution in [1.82, 2.24) is 14.9 Å². The molecule has 3 aromatic rings. The minimum Gasteiger partial charge on any atom is -0.478 e. The molecule has 5 rings (SSSR count). The summed E-state index contributed by atoms with van der Waals surface area (Å²) in [4.78, 5) is 59.9. The van der Waals surface area contributed by atoms with Crippen molar-refractivity contribution in [3.63, 3.8) is 0 Å². The first-order chi connectivity index (χ1) is 17.8. The fourth-order valence-corrected chi connectivity index (χ4v) is 5.04. The summed E-state index contributed by atoms with van der Waals surface area (Å²) in [7, 11) is 0. The van der Waals surface area contributed by atoms with E-state index in [0.717, 1.165) is 32.0 Å². The van der Waals surface area contributed by atoms with Crippen LogP contribution in [0.25, 0.3) is 11.1 Å². The van der Waals surface area contributed by atoms with Gasteiger partial charge in [0.2, 0.25) is 17.6 Å². The average molecular weight is 526 g/mol. The monoisotopic (exact) mass is 525 g/mol. The van der Waals surface area contributed by atoms with Gasteiger partial charge in [-0.2, -0.15) is 0 Å².